The zero-order valence-electron chi connectivity index (χ0n) is 17.3. The van der Waals surface area contributed by atoms with Crippen LogP contribution in [0.2, 0.25) is 0 Å². The van der Waals surface area contributed by atoms with Gasteiger partial charge in [-0.15, -0.1) is 11.3 Å². The van der Waals surface area contributed by atoms with E-state index >= 15 is 0 Å². The minimum atomic E-state index is -0.717. The molecule has 1 fully saturated rings. The fourth-order valence-electron chi connectivity index (χ4n) is 3.86. The largest absolute Gasteiger partial charge is 0.497 e. The Labute approximate surface area is 184 Å². The van der Waals surface area contributed by atoms with Crippen LogP contribution in [0.1, 0.15) is 34.5 Å². The molecule has 2 aliphatic heterocycles. The molecule has 1 atom stereocenters. The molecule has 0 bridgehead atoms. The van der Waals surface area contributed by atoms with Gasteiger partial charge >= 0.3 is 0 Å². The van der Waals surface area contributed by atoms with Crippen molar-refractivity contribution >= 4 is 29.1 Å². The topological polar surface area (TPSA) is 97.0 Å². The summed E-state index contributed by atoms with van der Waals surface area (Å²) in [5.74, 6) is 0.548. The Kier molecular flexibility index (Phi) is 6.13. The predicted molar refractivity (Wildman–Crippen MR) is 115 cm³/mol. The third-order valence-electron chi connectivity index (χ3n) is 5.69. The summed E-state index contributed by atoms with van der Waals surface area (Å²) in [6, 6.07) is 8.98. The molecular formula is C22H25N3O5S. The first-order valence-corrected chi connectivity index (χ1v) is 11.1. The van der Waals surface area contributed by atoms with Crippen LogP contribution < -0.4 is 20.1 Å². The van der Waals surface area contributed by atoms with Gasteiger partial charge in [0, 0.05) is 30.3 Å². The lowest BCUT2D eigenvalue weighted by atomic mass is 9.94. The zero-order valence-corrected chi connectivity index (χ0v) is 18.1. The van der Waals surface area contributed by atoms with Crippen LogP contribution in [-0.2, 0) is 16.1 Å². The van der Waals surface area contributed by atoms with Gasteiger partial charge < -0.3 is 25.0 Å². The summed E-state index contributed by atoms with van der Waals surface area (Å²) < 4.78 is 11.6. The van der Waals surface area contributed by atoms with Gasteiger partial charge in [0.1, 0.15) is 17.1 Å². The van der Waals surface area contributed by atoms with E-state index in [9.17, 15) is 14.4 Å². The van der Waals surface area contributed by atoms with Crippen molar-refractivity contribution in [1.82, 2.24) is 15.5 Å². The Morgan fingerprint density at radius 1 is 1.32 bits per heavy atom. The van der Waals surface area contributed by atoms with Gasteiger partial charge in [0.25, 0.3) is 5.91 Å². The number of methoxy groups -OCH3 is 1. The maximum atomic E-state index is 12.7. The number of nitrogens with zero attached hydrogens (tertiary/aromatic N) is 1. The molecule has 0 radical (unpaired) electrons. The minimum Gasteiger partial charge on any atom is -0.497 e. The highest BCUT2D eigenvalue weighted by molar-refractivity contribution is 7.09. The van der Waals surface area contributed by atoms with Crippen LogP contribution in [0.15, 0.2) is 35.7 Å². The Morgan fingerprint density at radius 3 is 2.97 bits per heavy atom. The molecule has 1 aromatic heterocycles. The first-order chi connectivity index (χ1) is 15.0. The van der Waals surface area contributed by atoms with Crippen molar-refractivity contribution in [3.05, 3.63) is 46.2 Å². The standard InChI is InChI=1S/C22H25N3O5S/c1-29-15-4-5-17-18(11-15)30-22(14-24-21(17)28)7-6-20(27)25(9-8-22)13-19(26)23-12-16-3-2-10-31-16/h2-5,10-11H,6-9,12-14H2,1H3,(H,23,26)(H,24,28). The number of nitrogens with one attached hydrogen (secondary N) is 2. The van der Waals surface area contributed by atoms with Crippen molar-refractivity contribution in [3.63, 3.8) is 0 Å². The SMILES string of the molecule is COc1ccc2c(c1)OC1(CCC(=O)N(CC(=O)NCc3cccs3)CC1)CNC2=O. The lowest BCUT2D eigenvalue weighted by Crippen LogP contribution is -2.46. The average molecular weight is 444 g/mol. The number of carbonyl (C=O) groups is 3. The van der Waals surface area contributed by atoms with Crippen LogP contribution in [0, 0.1) is 0 Å². The highest BCUT2D eigenvalue weighted by Gasteiger charge is 2.40. The van der Waals surface area contributed by atoms with E-state index in [1.54, 1.807) is 41.5 Å². The molecule has 0 aliphatic carbocycles. The van der Waals surface area contributed by atoms with Crippen LogP contribution in [-0.4, -0.2) is 55.0 Å². The summed E-state index contributed by atoms with van der Waals surface area (Å²) in [5, 5.41) is 7.74. The van der Waals surface area contributed by atoms with Crippen molar-refractivity contribution in [1.29, 1.82) is 0 Å². The molecule has 1 spiro atoms. The van der Waals surface area contributed by atoms with Gasteiger partial charge in [-0.3, -0.25) is 14.4 Å². The average Bonchev–Trinajstić information content (AvgIpc) is 3.20. The molecule has 4 rings (SSSR count). The molecule has 164 valence electrons. The van der Waals surface area contributed by atoms with Crippen molar-refractivity contribution < 1.29 is 23.9 Å². The van der Waals surface area contributed by atoms with Gasteiger partial charge in [-0.2, -0.15) is 0 Å². The molecule has 31 heavy (non-hydrogen) atoms. The lowest BCUT2D eigenvalue weighted by molar-refractivity contribution is -0.135. The van der Waals surface area contributed by atoms with Crippen molar-refractivity contribution in [2.45, 2.75) is 31.4 Å². The summed E-state index contributed by atoms with van der Waals surface area (Å²) in [7, 11) is 1.56. The summed E-state index contributed by atoms with van der Waals surface area (Å²) in [5.41, 5.74) is -0.274. The normalized spacial score (nSPS) is 20.9. The Bertz CT molecular complexity index is 978. The first-order valence-electron chi connectivity index (χ1n) is 10.2. The van der Waals surface area contributed by atoms with Crippen LogP contribution >= 0.6 is 11.3 Å². The second-order valence-electron chi connectivity index (χ2n) is 7.75. The third kappa shape index (κ3) is 4.82. The van der Waals surface area contributed by atoms with Crippen molar-refractivity contribution in [2.24, 2.45) is 0 Å². The van der Waals surface area contributed by atoms with E-state index in [4.69, 9.17) is 9.47 Å². The maximum absolute atomic E-state index is 12.7. The number of amides is 3. The van der Waals surface area contributed by atoms with Gasteiger partial charge in [0.15, 0.2) is 0 Å². The molecule has 9 heteroatoms. The van der Waals surface area contributed by atoms with E-state index in [0.717, 1.165) is 4.88 Å². The second kappa shape index (κ2) is 8.97. The van der Waals surface area contributed by atoms with Crippen LogP contribution in [0.5, 0.6) is 11.5 Å². The molecule has 3 amide bonds. The predicted octanol–water partition coefficient (Wildman–Crippen LogP) is 1.95. The summed E-state index contributed by atoms with van der Waals surface area (Å²) in [4.78, 5) is 40.2. The second-order valence-corrected chi connectivity index (χ2v) is 8.78. The Morgan fingerprint density at radius 2 is 2.19 bits per heavy atom. The van der Waals surface area contributed by atoms with Gasteiger partial charge in [-0.05, 0) is 30.0 Å². The van der Waals surface area contributed by atoms with Crippen molar-refractivity contribution in [3.8, 4) is 11.5 Å². The van der Waals surface area contributed by atoms with E-state index < -0.39 is 5.60 Å². The Balaban J connectivity index is 1.43. The van der Waals surface area contributed by atoms with E-state index in [1.807, 2.05) is 17.5 Å². The van der Waals surface area contributed by atoms with E-state index in [-0.39, 0.29) is 30.7 Å². The highest BCUT2D eigenvalue weighted by Crippen LogP contribution is 2.35. The van der Waals surface area contributed by atoms with Crippen molar-refractivity contribution in [2.75, 3.05) is 26.7 Å². The number of fused-ring (bicyclic) bond motifs is 1. The van der Waals surface area contributed by atoms with Crippen LogP contribution in [0.25, 0.3) is 0 Å². The van der Waals surface area contributed by atoms with E-state index in [2.05, 4.69) is 10.6 Å². The van der Waals surface area contributed by atoms with Crippen LogP contribution in [0.4, 0.5) is 0 Å². The molecule has 1 aromatic carbocycles. The molecule has 1 unspecified atom stereocenters. The highest BCUT2D eigenvalue weighted by atomic mass is 32.1. The fourth-order valence-corrected chi connectivity index (χ4v) is 4.51. The zero-order chi connectivity index (χ0) is 21.8. The molecular weight excluding hydrogens is 418 g/mol. The summed E-state index contributed by atoms with van der Waals surface area (Å²) in [6.45, 7) is 1.14. The van der Waals surface area contributed by atoms with Gasteiger partial charge in [0.2, 0.25) is 11.8 Å². The third-order valence-corrected chi connectivity index (χ3v) is 6.57. The minimum absolute atomic E-state index is 0.0110. The van der Waals surface area contributed by atoms with E-state index in [1.165, 1.54) is 0 Å². The molecule has 2 aromatic rings. The van der Waals surface area contributed by atoms with Crippen LogP contribution in [0.3, 0.4) is 0 Å². The Hall–Kier alpha value is -3.07. The van der Waals surface area contributed by atoms with E-state index in [0.29, 0.717) is 49.5 Å². The number of hydrogen-bond donors (Lipinski definition) is 2. The number of benzene rings is 1. The first kappa shape index (κ1) is 21.2. The quantitative estimate of drug-likeness (QED) is 0.736. The van der Waals surface area contributed by atoms with Gasteiger partial charge in [-0.1, -0.05) is 6.07 Å². The fraction of sp³-hybridized carbons (Fsp3) is 0.409. The molecule has 2 N–H and O–H groups in total. The number of carbonyl (C=O) groups excluding carboxylic acids is 3. The number of likely N-dealkylation sites (tertiary alicyclic amines) is 1. The number of thiophene rings is 1. The molecule has 3 heterocycles. The van der Waals surface area contributed by atoms with Gasteiger partial charge in [-0.25, -0.2) is 0 Å². The monoisotopic (exact) mass is 443 g/mol. The summed E-state index contributed by atoms with van der Waals surface area (Å²) >= 11 is 1.57. The number of rotatable bonds is 5. The maximum Gasteiger partial charge on any atom is 0.255 e. The number of hydrogen-bond acceptors (Lipinski definition) is 6. The molecule has 8 nitrogen and oxygen atoms in total. The number of ether oxygens (including phenoxy) is 2. The molecule has 0 saturated carbocycles. The molecule has 1 saturated heterocycles. The smallest absolute Gasteiger partial charge is 0.255 e. The lowest BCUT2D eigenvalue weighted by Gasteiger charge is -2.32. The summed E-state index contributed by atoms with van der Waals surface area (Å²) in [6.07, 6.45) is 1.21. The molecule has 2 aliphatic rings. The van der Waals surface area contributed by atoms with Gasteiger partial charge in [0.05, 0.1) is 32.3 Å².